The zero-order chi connectivity index (χ0) is 13.5. The third kappa shape index (κ3) is 2.31. The maximum atomic E-state index is 4.61. The van der Waals surface area contributed by atoms with Crippen molar-refractivity contribution in [2.24, 2.45) is 5.41 Å². The Morgan fingerprint density at radius 3 is 2.95 bits per heavy atom. The summed E-state index contributed by atoms with van der Waals surface area (Å²) in [6, 6.07) is 4.54. The number of pyridine rings is 1. The van der Waals surface area contributed by atoms with E-state index >= 15 is 0 Å². The second-order valence-electron chi connectivity index (χ2n) is 6.33. The molecule has 0 bridgehead atoms. The van der Waals surface area contributed by atoms with Crippen molar-refractivity contribution in [3.05, 3.63) is 23.9 Å². The van der Waals surface area contributed by atoms with Crippen LogP contribution in [-0.2, 0) is 0 Å². The Balaban J connectivity index is 1.87. The fraction of sp³-hybridized carbons (Fsp3) is 0.600. The van der Waals surface area contributed by atoms with Crippen LogP contribution < -0.4 is 5.32 Å². The molecule has 2 aromatic rings. The fourth-order valence-corrected chi connectivity index (χ4v) is 3.02. The maximum Gasteiger partial charge on any atom is 0.243 e. The van der Waals surface area contributed by atoms with Gasteiger partial charge in [-0.05, 0) is 36.8 Å². The molecule has 1 atom stereocenters. The SMILES string of the molecule is Cc1cccn2nc(NC3CCCCC3(C)C)nc12. The summed E-state index contributed by atoms with van der Waals surface area (Å²) < 4.78 is 1.85. The predicted molar refractivity (Wildman–Crippen MR) is 77.4 cm³/mol. The van der Waals surface area contributed by atoms with Gasteiger partial charge in [0.25, 0.3) is 0 Å². The van der Waals surface area contributed by atoms with Crippen molar-refractivity contribution in [3.63, 3.8) is 0 Å². The first-order valence-electron chi connectivity index (χ1n) is 7.15. The predicted octanol–water partition coefficient (Wildman–Crippen LogP) is 3.42. The van der Waals surface area contributed by atoms with E-state index in [9.17, 15) is 0 Å². The van der Waals surface area contributed by atoms with Gasteiger partial charge in [-0.25, -0.2) is 4.52 Å². The van der Waals surface area contributed by atoms with Crippen LogP contribution in [0.4, 0.5) is 5.95 Å². The van der Waals surface area contributed by atoms with Gasteiger partial charge in [0, 0.05) is 12.2 Å². The van der Waals surface area contributed by atoms with Gasteiger partial charge < -0.3 is 5.32 Å². The highest BCUT2D eigenvalue weighted by Crippen LogP contribution is 2.36. The first-order valence-corrected chi connectivity index (χ1v) is 7.15. The molecule has 2 heterocycles. The van der Waals surface area contributed by atoms with Gasteiger partial charge in [-0.1, -0.05) is 32.8 Å². The number of aromatic nitrogens is 3. The molecular weight excluding hydrogens is 236 g/mol. The number of anilines is 1. The van der Waals surface area contributed by atoms with Crippen LogP contribution in [0.3, 0.4) is 0 Å². The van der Waals surface area contributed by atoms with E-state index in [0.717, 1.165) is 17.2 Å². The van der Waals surface area contributed by atoms with Crippen molar-refractivity contribution < 1.29 is 0 Å². The maximum absolute atomic E-state index is 4.61. The molecule has 0 aromatic carbocycles. The lowest BCUT2D eigenvalue weighted by Gasteiger charge is -2.38. The number of fused-ring (bicyclic) bond motifs is 1. The highest BCUT2D eigenvalue weighted by Gasteiger charge is 2.32. The second kappa shape index (κ2) is 4.51. The van der Waals surface area contributed by atoms with Crippen molar-refractivity contribution in [2.45, 2.75) is 52.5 Å². The van der Waals surface area contributed by atoms with Crippen LogP contribution in [0, 0.1) is 12.3 Å². The first kappa shape index (κ1) is 12.5. The van der Waals surface area contributed by atoms with E-state index in [1.165, 1.54) is 25.7 Å². The number of nitrogens with zero attached hydrogens (tertiary/aromatic N) is 3. The van der Waals surface area contributed by atoms with Crippen LogP contribution in [0.5, 0.6) is 0 Å². The Labute approximate surface area is 114 Å². The Morgan fingerprint density at radius 1 is 1.37 bits per heavy atom. The van der Waals surface area contributed by atoms with E-state index in [2.05, 4.69) is 42.2 Å². The number of aryl methyl sites for hydroxylation is 1. The molecule has 4 nitrogen and oxygen atoms in total. The number of hydrogen-bond acceptors (Lipinski definition) is 3. The third-order valence-corrected chi connectivity index (χ3v) is 4.37. The van der Waals surface area contributed by atoms with Crippen molar-refractivity contribution in [1.82, 2.24) is 14.6 Å². The molecule has 0 radical (unpaired) electrons. The Morgan fingerprint density at radius 2 is 2.21 bits per heavy atom. The van der Waals surface area contributed by atoms with Crippen LogP contribution in [0.1, 0.15) is 45.1 Å². The molecule has 1 aliphatic rings. The molecule has 1 aliphatic carbocycles. The summed E-state index contributed by atoms with van der Waals surface area (Å²) in [5.41, 5.74) is 2.43. The average Bonchev–Trinajstić information content (AvgIpc) is 2.76. The zero-order valence-electron chi connectivity index (χ0n) is 12.0. The van der Waals surface area contributed by atoms with Crippen molar-refractivity contribution in [3.8, 4) is 0 Å². The average molecular weight is 258 g/mol. The van der Waals surface area contributed by atoms with Crippen LogP contribution in [0.2, 0.25) is 0 Å². The summed E-state index contributed by atoms with van der Waals surface area (Å²) in [6.07, 6.45) is 7.07. The highest BCUT2D eigenvalue weighted by molar-refractivity contribution is 5.50. The minimum Gasteiger partial charge on any atom is -0.350 e. The molecule has 0 saturated heterocycles. The Hall–Kier alpha value is -1.58. The topological polar surface area (TPSA) is 42.2 Å². The number of hydrogen-bond donors (Lipinski definition) is 1. The summed E-state index contributed by atoms with van der Waals surface area (Å²) in [4.78, 5) is 4.61. The van der Waals surface area contributed by atoms with Gasteiger partial charge in [-0.15, -0.1) is 5.10 Å². The lowest BCUT2D eigenvalue weighted by Crippen LogP contribution is -2.39. The number of nitrogens with one attached hydrogen (secondary N) is 1. The molecule has 0 amide bonds. The van der Waals surface area contributed by atoms with Gasteiger partial charge in [0.15, 0.2) is 5.65 Å². The Bertz CT molecular complexity index is 585. The Kier molecular flexibility index (Phi) is 2.96. The first-order chi connectivity index (χ1) is 9.06. The molecule has 19 heavy (non-hydrogen) atoms. The van der Waals surface area contributed by atoms with E-state index in [0.29, 0.717) is 11.5 Å². The monoisotopic (exact) mass is 258 g/mol. The summed E-state index contributed by atoms with van der Waals surface area (Å²) >= 11 is 0. The molecule has 2 aromatic heterocycles. The quantitative estimate of drug-likeness (QED) is 0.897. The smallest absolute Gasteiger partial charge is 0.243 e. The molecule has 1 saturated carbocycles. The fourth-order valence-electron chi connectivity index (χ4n) is 3.02. The summed E-state index contributed by atoms with van der Waals surface area (Å²) in [7, 11) is 0. The molecule has 0 spiro atoms. The van der Waals surface area contributed by atoms with Gasteiger partial charge in [-0.2, -0.15) is 4.98 Å². The van der Waals surface area contributed by atoms with Crippen LogP contribution >= 0.6 is 0 Å². The number of rotatable bonds is 2. The van der Waals surface area contributed by atoms with E-state index in [1.54, 1.807) is 0 Å². The van der Waals surface area contributed by atoms with Gasteiger partial charge >= 0.3 is 0 Å². The largest absolute Gasteiger partial charge is 0.350 e. The zero-order valence-corrected chi connectivity index (χ0v) is 12.0. The summed E-state index contributed by atoms with van der Waals surface area (Å²) in [6.45, 7) is 6.74. The molecule has 4 heteroatoms. The van der Waals surface area contributed by atoms with Crippen LogP contribution in [0.25, 0.3) is 5.65 Å². The molecule has 1 unspecified atom stereocenters. The van der Waals surface area contributed by atoms with Crippen molar-refractivity contribution in [1.29, 1.82) is 0 Å². The van der Waals surface area contributed by atoms with Crippen LogP contribution in [-0.4, -0.2) is 20.6 Å². The molecular formula is C15H22N4. The van der Waals surface area contributed by atoms with Gasteiger partial charge in [0.05, 0.1) is 0 Å². The highest BCUT2D eigenvalue weighted by atomic mass is 15.3. The normalized spacial score (nSPS) is 22.6. The standard InChI is InChI=1S/C15H22N4/c1-11-7-6-10-19-13(11)17-14(18-19)16-12-8-4-5-9-15(12,2)3/h6-7,10,12H,4-5,8-9H2,1-3H3,(H,16,18). The molecule has 1 fully saturated rings. The summed E-state index contributed by atoms with van der Waals surface area (Å²) in [5.74, 6) is 0.759. The minimum atomic E-state index is 0.324. The van der Waals surface area contributed by atoms with E-state index in [1.807, 2.05) is 16.8 Å². The van der Waals surface area contributed by atoms with Gasteiger partial charge in [0.2, 0.25) is 5.95 Å². The van der Waals surface area contributed by atoms with E-state index in [4.69, 9.17) is 0 Å². The van der Waals surface area contributed by atoms with Gasteiger partial charge in [-0.3, -0.25) is 0 Å². The molecule has 3 rings (SSSR count). The molecule has 1 N–H and O–H groups in total. The minimum absolute atomic E-state index is 0.324. The van der Waals surface area contributed by atoms with Crippen molar-refractivity contribution >= 4 is 11.6 Å². The summed E-state index contributed by atoms with van der Waals surface area (Å²) in [5, 5.41) is 8.07. The second-order valence-corrected chi connectivity index (χ2v) is 6.33. The molecule has 102 valence electrons. The molecule has 0 aliphatic heterocycles. The van der Waals surface area contributed by atoms with Gasteiger partial charge in [0.1, 0.15) is 0 Å². The lowest BCUT2D eigenvalue weighted by molar-refractivity contribution is 0.216. The van der Waals surface area contributed by atoms with Crippen LogP contribution in [0.15, 0.2) is 18.3 Å². The lowest BCUT2D eigenvalue weighted by atomic mass is 9.73. The third-order valence-electron chi connectivity index (χ3n) is 4.37. The van der Waals surface area contributed by atoms with E-state index < -0.39 is 0 Å². The van der Waals surface area contributed by atoms with E-state index in [-0.39, 0.29) is 0 Å². The van der Waals surface area contributed by atoms with Crippen molar-refractivity contribution in [2.75, 3.05) is 5.32 Å².